The monoisotopic (exact) mass is 338 g/mol. The zero-order valence-electron chi connectivity index (χ0n) is 14.7. The number of anilines is 1. The van der Waals surface area contributed by atoms with Crippen molar-refractivity contribution in [3.05, 3.63) is 47.8 Å². The molecule has 0 atom stereocenters. The molecule has 7 heteroatoms. The molecule has 0 radical (unpaired) electrons. The van der Waals surface area contributed by atoms with E-state index in [2.05, 4.69) is 22.0 Å². The summed E-state index contributed by atoms with van der Waals surface area (Å²) in [5.74, 6) is 0.278. The number of rotatable bonds is 5. The maximum absolute atomic E-state index is 12.7. The first-order chi connectivity index (χ1) is 11.9. The van der Waals surface area contributed by atoms with Gasteiger partial charge in [0, 0.05) is 18.8 Å². The minimum atomic E-state index is -0.226. The Labute approximate surface area is 146 Å². The number of aromatic nitrogens is 4. The molecule has 3 N–H and O–H groups in total. The molecule has 0 saturated heterocycles. The van der Waals surface area contributed by atoms with Crippen molar-refractivity contribution in [1.29, 1.82) is 0 Å². The standard InChI is InChI=1S/C18H22N6O/c1-5-23-15-8-7-13(12(4)19)10-14(15)20-18(23)21-17(25)16-9-11(3)22-24(16)6-2/h7-10H,4-6,19H2,1-3H3,(H,20,21,25). The molecule has 0 bridgehead atoms. The Morgan fingerprint density at radius 2 is 2.04 bits per heavy atom. The second-order valence-corrected chi connectivity index (χ2v) is 5.85. The number of benzene rings is 1. The largest absolute Gasteiger partial charge is 0.399 e. The number of nitrogens with zero attached hydrogens (tertiary/aromatic N) is 4. The fraction of sp³-hybridized carbons (Fsp3) is 0.278. The van der Waals surface area contributed by atoms with E-state index in [1.165, 1.54) is 0 Å². The highest BCUT2D eigenvalue weighted by atomic mass is 16.2. The first kappa shape index (κ1) is 16.8. The molecule has 25 heavy (non-hydrogen) atoms. The molecule has 0 unspecified atom stereocenters. The Bertz CT molecular complexity index is 966. The van der Waals surface area contributed by atoms with Crippen molar-refractivity contribution in [3.63, 3.8) is 0 Å². The number of amides is 1. The normalized spacial score (nSPS) is 11.0. The minimum Gasteiger partial charge on any atom is -0.399 e. The number of carbonyl (C=O) groups excluding carboxylic acids is 1. The molecule has 1 aromatic carbocycles. The lowest BCUT2D eigenvalue weighted by molar-refractivity contribution is 0.101. The molecule has 0 fully saturated rings. The zero-order valence-corrected chi connectivity index (χ0v) is 14.7. The predicted octanol–water partition coefficient (Wildman–Crippen LogP) is 2.76. The van der Waals surface area contributed by atoms with Crippen LogP contribution in [0.1, 0.15) is 35.6 Å². The van der Waals surface area contributed by atoms with Gasteiger partial charge in [0.25, 0.3) is 5.91 Å². The van der Waals surface area contributed by atoms with E-state index in [1.807, 2.05) is 43.5 Å². The van der Waals surface area contributed by atoms with Crippen LogP contribution in [0.25, 0.3) is 16.7 Å². The van der Waals surface area contributed by atoms with Crippen molar-refractivity contribution in [3.8, 4) is 0 Å². The number of aryl methyl sites for hydroxylation is 3. The van der Waals surface area contributed by atoms with Gasteiger partial charge in [-0.25, -0.2) is 4.98 Å². The van der Waals surface area contributed by atoms with Crippen LogP contribution in [0.3, 0.4) is 0 Å². The first-order valence-corrected chi connectivity index (χ1v) is 8.25. The van der Waals surface area contributed by atoms with Gasteiger partial charge >= 0.3 is 0 Å². The average molecular weight is 338 g/mol. The highest BCUT2D eigenvalue weighted by Crippen LogP contribution is 2.23. The Kier molecular flexibility index (Phi) is 4.31. The number of fused-ring (bicyclic) bond motifs is 1. The summed E-state index contributed by atoms with van der Waals surface area (Å²) in [7, 11) is 0. The fourth-order valence-electron chi connectivity index (χ4n) is 2.88. The van der Waals surface area contributed by atoms with Gasteiger partial charge < -0.3 is 10.3 Å². The van der Waals surface area contributed by atoms with Gasteiger partial charge in [-0.05, 0) is 44.5 Å². The lowest BCUT2D eigenvalue weighted by atomic mass is 10.1. The van der Waals surface area contributed by atoms with Crippen LogP contribution < -0.4 is 11.1 Å². The molecule has 0 aliphatic heterocycles. The van der Waals surface area contributed by atoms with E-state index in [4.69, 9.17) is 5.73 Å². The van der Waals surface area contributed by atoms with Gasteiger partial charge in [-0.3, -0.25) is 14.8 Å². The molecular formula is C18H22N6O. The average Bonchev–Trinajstić information content (AvgIpc) is 3.13. The van der Waals surface area contributed by atoms with Gasteiger partial charge in [0.05, 0.1) is 16.7 Å². The summed E-state index contributed by atoms with van der Waals surface area (Å²) >= 11 is 0. The SMILES string of the molecule is C=C(N)c1ccc2c(c1)nc(NC(=O)c1cc(C)nn1CC)n2CC. The molecule has 2 aromatic heterocycles. The van der Waals surface area contributed by atoms with Gasteiger partial charge in [-0.2, -0.15) is 5.10 Å². The summed E-state index contributed by atoms with van der Waals surface area (Å²) in [6, 6.07) is 7.49. The third kappa shape index (κ3) is 3.00. The smallest absolute Gasteiger partial charge is 0.276 e. The summed E-state index contributed by atoms with van der Waals surface area (Å²) in [4.78, 5) is 17.2. The van der Waals surface area contributed by atoms with Crippen LogP contribution in [0.2, 0.25) is 0 Å². The van der Waals surface area contributed by atoms with Crippen molar-refractivity contribution in [2.75, 3.05) is 5.32 Å². The van der Waals surface area contributed by atoms with Gasteiger partial charge in [-0.15, -0.1) is 0 Å². The number of carbonyl (C=O) groups is 1. The summed E-state index contributed by atoms with van der Waals surface area (Å²) in [6.45, 7) is 10.9. The fourth-order valence-corrected chi connectivity index (χ4v) is 2.88. The van der Waals surface area contributed by atoms with Gasteiger partial charge in [-0.1, -0.05) is 12.6 Å². The number of hydrogen-bond acceptors (Lipinski definition) is 4. The number of imidazole rings is 1. The van der Waals surface area contributed by atoms with Crippen LogP contribution in [-0.2, 0) is 13.1 Å². The molecule has 130 valence electrons. The second-order valence-electron chi connectivity index (χ2n) is 5.85. The summed E-state index contributed by atoms with van der Waals surface area (Å²) in [5, 5.41) is 7.22. The highest BCUT2D eigenvalue weighted by molar-refractivity contribution is 6.03. The third-order valence-corrected chi connectivity index (χ3v) is 4.09. The zero-order chi connectivity index (χ0) is 18.1. The van der Waals surface area contributed by atoms with Crippen LogP contribution in [0.15, 0.2) is 30.8 Å². The van der Waals surface area contributed by atoms with Gasteiger partial charge in [0.1, 0.15) is 5.69 Å². The number of hydrogen-bond donors (Lipinski definition) is 2. The van der Waals surface area contributed by atoms with Crippen LogP contribution in [-0.4, -0.2) is 25.2 Å². The van der Waals surface area contributed by atoms with Crippen molar-refractivity contribution in [2.24, 2.45) is 5.73 Å². The predicted molar refractivity (Wildman–Crippen MR) is 99.2 cm³/mol. The summed E-state index contributed by atoms with van der Waals surface area (Å²) in [5.41, 5.74) is 10.1. The molecule has 3 rings (SSSR count). The van der Waals surface area contributed by atoms with Gasteiger partial charge in [0.2, 0.25) is 5.95 Å². The molecule has 0 spiro atoms. The first-order valence-electron chi connectivity index (χ1n) is 8.25. The molecule has 7 nitrogen and oxygen atoms in total. The van der Waals surface area contributed by atoms with Gasteiger partial charge in [0.15, 0.2) is 0 Å². The van der Waals surface area contributed by atoms with E-state index in [1.54, 1.807) is 10.7 Å². The third-order valence-electron chi connectivity index (χ3n) is 4.09. The lowest BCUT2D eigenvalue weighted by Gasteiger charge is -2.08. The highest BCUT2D eigenvalue weighted by Gasteiger charge is 2.17. The van der Waals surface area contributed by atoms with Crippen LogP contribution in [0, 0.1) is 6.92 Å². The van der Waals surface area contributed by atoms with E-state index in [-0.39, 0.29) is 5.91 Å². The lowest BCUT2D eigenvalue weighted by Crippen LogP contribution is -2.19. The minimum absolute atomic E-state index is 0.226. The van der Waals surface area contributed by atoms with Crippen LogP contribution in [0.5, 0.6) is 0 Å². The van der Waals surface area contributed by atoms with Crippen LogP contribution >= 0.6 is 0 Å². The Morgan fingerprint density at radius 3 is 2.68 bits per heavy atom. The molecule has 0 aliphatic rings. The number of nitrogens with two attached hydrogens (primary N) is 1. The molecular weight excluding hydrogens is 316 g/mol. The molecule has 2 heterocycles. The van der Waals surface area contributed by atoms with E-state index in [0.717, 1.165) is 22.3 Å². The number of nitrogens with one attached hydrogen (secondary N) is 1. The van der Waals surface area contributed by atoms with Crippen molar-refractivity contribution in [1.82, 2.24) is 19.3 Å². The van der Waals surface area contributed by atoms with E-state index in [0.29, 0.717) is 30.4 Å². The topological polar surface area (TPSA) is 90.8 Å². The van der Waals surface area contributed by atoms with E-state index < -0.39 is 0 Å². The van der Waals surface area contributed by atoms with Crippen molar-refractivity contribution >= 4 is 28.6 Å². The van der Waals surface area contributed by atoms with Crippen molar-refractivity contribution in [2.45, 2.75) is 33.9 Å². The maximum Gasteiger partial charge on any atom is 0.276 e. The Morgan fingerprint density at radius 1 is 1.28 bits per heavy atom. The maximum atomic E-state index is 12.7. The van der Waals surface area contributed by atoms with E-state index >= 15 is 0 Å². The van der Waals surface area contributed by atoms with Crippen molar-refractivity contribution < 1.29 is 4.79 Å². The molecule has 0 saturated carbocycles. The van der Waals surface area contributed by atoms with E-state index in [9.17, 15) is 4.79 Å². The Hall–Kier alpha value is -3.09. The van der Waals surface area contributed by atoms with Crippen LogP contribution in [0.4, 0.5) is 5.95 Å². The molecule has 0 aliphatic carbocycles. The second kappa shape index (κ2) is 6.43. The Balaban J connectivity index is 2.00. The quantitative estimate of drug-likeness (QED) is 0.748. The summed E-state index contributed by atoms with van der Waals surface area (Å²) < 4.78 is 3.63. The molecule has 3 aromatic rings. The summed E-state index contributed by atoms with van der Waals surface area (Å²) in [6.07, 6.45) is 0. The molecule has 1 amide bonds.